The number of carbonyl (C=O) groups excluding carboxylic acids is 1. The summed E-state index contributed by atoms with van der Waals surface area (Å²) >= 11 is 1.59. The van der Waals surface area contributed by atoms with Crippen LogP contribution in [0.1, 0.15) is 15.9 Å². The molecule has 2 aromatic rings. The molecule has 3 rings (SSSR count). The van der Waals surface area contributed by atoms with E-state index in [1.54, 1.807) is 35.4 Å². The normalized spacial score (nSPS) is 14.8. The minimum atomic E-state index is -0.434. The maximum Gasteiger partial charge on any atom is 0.272 e. The summed E-state index contributed by atoms with van der Waals surface area (Å²) in [5, 5.41) is 13.8. The second-order valence-corrected chi connectivity index (χ2v) is 6.23. The van der Waals surface area contributed by atoms with Gasteiger partial charge in [0.15, 0.2) is 5.13 Å². The topological polar surface area (TPSA) is 79.6 Å². The van der Waals surface area contributed by atoms with Crippen molar-refractivity contribution in [1.82, 2.24) is 9.88 Å². The van der Waals surface area contributed by atoms with Crippen LogP contribution in [0, 0.1) is 17.0 Å². The fourth-order valence-electron chi connectivity index (χ4n) is 2.65. The minimum Gasteiger partial charge on any atom is -0.345 e. The number of nitrogens with zero attached hydrogens (tertiary/aromatic N) is 4. The van der Waals surface area contributed by atoms with Crippen LogP contribution < -0.4 is 4.90 Å². The molecule has 1 fully saturated rings. The summed E-state index contributed by atoms with van der Waals surface area (Å²) in [7, 11) is 0. The number of nitro groups is 1. The number of carbonyl (C=O) groups is 1. The SMILES string of the molecule is Cc1cc(C(=O)N2CCN(c3nccs3)CC2)ccc1[N+](=O)[O-]. The number of aromatic nitrogens is 1. The number of hydrogen-bond acceptors (Lipinski definition) is 6. The molecule has 0 saturated carbocycles. The number of piperazine rings is 1. The lowest BCUT2D eigenvalue weighted by Crippen LogP contribution is -2.48. The Labute approximate surface area is 137 Å². The fraction of sp³-hybridized carbons (Fsp3) is 0.333. The van der Waals surface area contributed by atoms with Crippen LogP contribution in [0.25, 0.3) is 0 Å². The summed E-state index contributed by atoms with van der Waals surface area (Å²) in [5.41, 5.74) is 1.04. The Morgan fingerprint density at radius 2 is 2.04 bits per heavy atom. The van der Waals surface area contributed by atoms with Gasteiger partial charge in [-0.3, -0.25) is 14.9 Å². The van der Waals surface area contributed by atoms with E-state index in [1.807, 2.05) is 5.38 Å². The second kappa shape index (κ2) is 6.33. The molecule has 8 heteroatoms. The highest BCUT2D eigenvalue weighted by molar-refractivity contribution is 7.13. The predicted molar refractivity (Wildman–Crippen MR) is 88.1 cm³/mol. The number of thiazole rings is 1. The summed E-state index contributed by atoms with van der Waals surface area (Å²) in [6.45, 7) is 4.37. The fourth-order valence-corrected chi connectivity index (χ4v) is 3.35. The van der Waals surface area contributed by atoms with Crippen LogP contribution in [-0.4, -0.2) is 46.9 Å². The van der Waals surface area contributed by atoms with Gasteiger partial charge in [-0.25, -0.2) is 4.98 Å². The highest BCUT2D eigenvalue weighted by atomic mass is 32.1. The van der Waals surface area contributed by atoms with E-state index in [0.29, 0.717) is 24.2 Å². The molecule has 0 N–H and O–H groups in total. The number of nitro benzene ring substituents is 1. The molecule has 1 aromatic heterocycles. The van der Waals surface area contributed by atoms with Gasteiger partial charge in [0.25, 0.3) is 11.6 Å². The summed E-state index contributed by atoms with van der Waals surface area (Å²) in [6.07, 6.45) is 1.77. The van der Waals surface area contributed by atoms with Crippen molar-refractivity contribution in [3.63, 3.8) is 0 Å². The van der Waals surface area contributed by atoms with Crippen molar-refractivity contribution in [2.24, 2.45) is 0 Å². The van der Waals surface area contributed by atoms with Crippen molar-refractivity contribution in [2.75, 3.05) is 31.1 Å². The minimum absolute atomic E-state index is 0.0372. The first-order valence-corrected chi connectivity index (χ1v) is 8.13. The monoisotopic (exact) mass is 332 g/mol. The van der Waals surface area contributed by atoms with E-state index in [9.17, 15) is 14.9 Å². The molecule has 0 radical (unpaired) electrons. The molecule has 0 unspecified atom stereocenters. The molecule has 1 aromatic carbocycles. The Morgan fingerprint density at radius 3 is 2.61 bits per heavy atom. The zero-order chi connectivity index (χ0) is 16.4. The van der Waals surface area contributed by atoms with Crippen LogP contribution in [0.4, 0.5) is 10.8 Å². The average Bonchev–Trinajstić information content (AvgIpc) is 3.08. The number of anilines is 1. The molecule has 0 aliphatic carbocycles. The largest absolute Gasteiger partial charge is 0.345 e. The van der Waals surface area contributed by atoms with E-state index < -0.39 is 4.92 Å². The van der Waals surface area contributed by atoms with Gasteiger partial charge in [-0.1, -0.05) is 0 Å². The van der Waals surface area contributed by atoms with Gasteiger partial charge in [0.1, 0.15) is 0 Å². The number of benzene rings is 1. The Morgan fingerprint density at radius 1 is 1.30 bits per heavy atom. The molecule has 0 atom stereocenters. The van der Waals surface area contributed by atoms with Gasteiger partial charge in [0.2, 0.25) is 0 Å². The molecule has 120 valence electrons. The van der Waals surface area contributed by atoms with Crippen LogP contribution in [-0.2, 0) is 0 Å². The van der Waals surface area contributed by atoms with Gasteiger partial charge in [-0.05, 0) is 19.1 Å². The molecule has 7 nitrogen and oxygen atoms in total. The standard InChI is InChI=1S/C15H16N4O3S/c1-11-10-12(2-3-13(11)19(21)22)14(20)17-5-7-18(8-6-17)15-16-4-9-23-15/h2-4,9-10H,5-8H2,1H3. The molecule has 1 saturated heterocycles. The quantitative estimate of drug-likeness (QED) is 0.636. The first-order chi connectivity index (χ1) is 11.1. The molecule has 1 amide bonds. The van der Waals surface area contributed by atoms with Crippen molar-refractivity contribution in [2.45, 2.75) is 6.92 Å². The van der Waals surface area contributed by atoms with Gasteiger partial charge >= 0.3 is 0 Å². The van der Waals surface area contributed by atoms with Gasteiger partial charge < -0.3 is 9.80 Å². The number of hydrogen-bond donors (Lipinski definition) is 0. The van der Waals surface area contributed by atoms with Crippen molar-refractivity contribution in [3.05, 3.63) is 51.0 Å². The van der Waals surface area contributed by atoms with E-state index in [-0.39, 0.29) is 11.6 Å². The summed E-state index contributed by atoms with van der Waals surface area (Å²) < 4.78 is 0. The first kappa shape index (κ1) is 15.4. The highest BCUT2D eigenvalue weighted by Gasteiger charge is 2.24. The second-order valence-electron chi connectivity index (χ2n) is 5.35. The third kappa shape index (κ3) is 3.16. The van der Waals surface area contributed by atoms with Crippen molar-refractivity contribution in [1.29, 1.82) is 0 Å². The van der Waals surface area contributed by atoms with Crippen molar-refractivity contribution < 1.29 is 9.72 Å². The van der Waals surface area contributed by atoms with E-state index in [4.69, 9.17) is 0 Å². The molecule has 0 spiro atoms. The lowest BCUT2D eigenvalue weighted by molar-refractivity contribution is -0.385. The molecule has 2 heterocycles. The van der Waals surface area contributed by atoms with Crippen molar-refractivity contribution in [3.8, 4) is 0 Å². The van der Waals surface area contributed by atoms with E-state index in [0.717, 1.165) is 18.2 Å². The predicted octanol–water partition coefficient (Wildman–Crippen LogP) is 2.32. The van der Waals surface area contributed by atoms with E-state index >= 15 is 0 Å². The Kier molecular flexibility index (Phi) is 4.24. The molecule has 23 heavy (non-hydrogen) atoms. The van der Waals surface area contributed by atoms with Gasteiger partial charge in [0.05, 0.1) is 4.92 Å². The van der Waals surface area contributed by atoms with E-state index in [1.165, 1.54) is 12.1 Å². The summed E-state index contributed by atoms with van der Waals surface area (Å²) in [4.78, 5) is 31.2. The lowest BCUT2D eigenvalue weighted by Gasteiger charge is -2.34. The maximum absolute atomic E-state index is 12.6. The number of rotatable bonds is 3. The Hall–Kier alpha value is -2.48. The molecule has 0 bridgehead atoms. The summed E-state index contributed by atoms with van der Waals surface area (Å²) in [6, 6.07) is 4.52. The van der Waals surface area contributed by atoms with Crippen LogP contribution in [0.5, 0.6) is 0 Å². The molecule has 1 aliphatic rings. The Balaban J connectivity index is 1.68. The number of aryl methyl sites for hydroxylation is 1. The van der Waals surface area contributed by atoms with E-state index in [2.05, 4.69) is 9.88 Å². The van der Waals surface area contributed by atoms with Crippen molar-refractivity contribution >= 4 is 28.1 Å². The van der Waals surface area contributed by atoms with Crippen LogP contribution in [0.15, 0.2) is 29.8 Å². The van der Waals surface area contributed by atoms with Crippen LogP contribution in [0.2, 0.25) is 0 Å². The number of amides is 1. The third-order valence-electron chi connectivity index (χ3n) is 3.90. The lowest BCUT2D eigenvalue weighted by atomic mass is 10.1. The highest BCUT2D eigenvalue weighted by Crippen LogP contribution is 2.22. The molecular formula is C15H16N4O3S. The Bertz CT molecular complexity index is 724. The third-order valence-corrected chi connectivity index (χ3v) is 4.73. The summed E-state index contributed by atoms with van der Waals surface area (Å²) in [5.74, 6) is -0.0817. The zero-order valence-electron chi connectivity index (χ0n) is 12.6. The molecule has 1 aliphatic heterocycles. The van der Waals surface area contributed by atoms with Gasteiger partial charge in [-0.2, -0.15) is 0 Å². The van der Waals surface area contributed by atoms with Crippen LogP contribution >= 0.6 is 11.3 Å². The smallest absolute Gasteiger partial charge is 0.272 e. The first-order valence-electron chi connectivity index (χ1n) is 7.25. The average molecular weight is 332 g/mol. The molecular weight excluding hydrogens is 316 g/mol. The maximum atomic E-state index is 12.6. The van der Waals surface area contributed by atoms with Crippen LogP contribution in [0.3, 0.4) is 0 Å². The van der Waals surface area contributed by atoms with Gasteiger partial charge in [0, 0.05) is 54.9 Å². The van der Waals surface area contributed by atoms with Gasteiger partial charge in [-0.15, -0.1) is 11.3 Å². The zero-order valence-corrected chi connectivity index (χ0v) is 13.5.